The van der Waals surface area contributed by atoms with Crippen LogP contribution in [0.2, 0.25) is 0 Å². The van der Waals surface area contributed by atoms with E-state index in [4.69, 9.17) is 4.74 Å². The maximum absolute atomic E-state index is 12.4. The quantitative estimate of drug-likeness (QED) is 0.801. The van der Waals surface area contributed by atoms with Gasteiger partial charge in [-0.2, -0.15) is 0 Å². The SMILES string of the molecule is CC(NC(=O)C1(C)CCCCN1)C1CCOCC1. The highest BCUT2D eigenvalue weighted by molar-refractivity contribution is 5.86. The lowest BCUT2D eigenvalue weighted by Crippen LogP contribution is -2.59. The summed E-state index contributed by atoms with van der Waals surface area (Å²) < 4.78 is 5.37. The molecule has 2 aliphatic rings. The third-order valence-corrected chi connectivity index (χ3v) is 4.45. The Morgan fingerprint density at radius 1 is 1.39 bits per heavy atom. The lowest BCUT2D eigenvalue weighted by Gasteiger charge is -2.36. The van der Waals surface area contributed by atoms with Crippen LogP contribution in [0.1, 0.15) is 46.0 Å². The van der Waals surface area contributed by atoms with Gasteiger partial charge in [0, 0.05) is 19.3 Å². The molecule has 0 aromatic carbocycles. The molecule has 1 amide bonds. The summed E-state index contributed by atoms with van der Waals surface area (Å²) in [6, 6.07) is 0.252. The van der Waals surface area contributed by atoms with Crippen molar-refractivity contribution in [3.63, 3.8) is 0 Å². The van der Waals surface area contributed by atoms with E-state index in [1.807, 2.05) is 6.92 Å². The van der Waals surface area contributed by atoms with Crippen LogP contribution in [0, 0.1) is 5.92 Å². The van der Waals surface area contributed by atoms with Crippen LogP contribution >= 0.6 is 0 Å². The summed E-state index contributed by atoms with van der Waals surface area (Å²) >= 11 is 0. The van der Waals surface area contributed by atoms with Crippen molar-refractivity contribution in [1.82, 2.24) is 10.6 Å². The first-order valence-corrected chi connectivity index (χ1v) is 7.25. The third kappa shape index (κ3) is 3.23. The Kier molecular flexibility index (Phi) is 4.62. The number of hydrogen-bond donors (Lipinski definition) is 2. The van der Waals surface area contributed by atoms with Crippen molar-refractivity contribution < 1.29 is 9.53 Å². The molecule has 0 spiro atoms. The molecule has 2 unspecified atom stereocenters. The average molecular weight is 254 g/mol. The standard InChI is InChI=1S/C14H26N2O2/c1-11(12-5-9-18-10-6-12)16-13(17)14(2)7-3-4-8-15-14/h11-12,15H,3-10H2,1-2H3,(H,16,17). The number of ether oxygens (including phenoxy) is 1. The predicted octanol–water partition coefficient (Wildman–Crippen LogP) is 1.45. The Bertz CT molecular complexity index is 282. The number of piperidine rings is 1. The molecular formula is C14H26N2O2. The molecule has 104 valence electrons. The molecule has 0 aliphatic carbocycles. The average Bonchev–Trinajstić information content (AvgIpc) is 2.40. The van der Waals surface area contributed by atoms with Gasteiger partial charge in [-0.25, -0.2) is 0 Å². The summed E-state index contributed by atoms with van der Waals surface area (Å²) in [5.41, 5.74) is -0.363. The van der Waals surface area contributed by atoms with Gasteiger partial charge in [0.1, 0.15) is 0 Å². The topological polar surface area (TPSA) is 50.4 Å². The minimum absolute atomic E-state index is 0.168. The zero-order chi connectivity index (χ0) is 13.0. The molecule has 2 saturated heterocycles. The zero-order valence-electron chi connectivity index (χ0n) is 11.6. The Morgan fingerprint density at radius 3 is 2.72 bits per heavy atom. The lowest BCUT2D eigenvalue weighted by atomic mass is 9.88. The van der Waals surface area contributed by atoms with E-state index in [0.717, 1.165) is 45.4 Å². The van der Waals surface area contributed by atoms with Gasteiger partial charge in [-0.1, -0.05) is 0 Å². The number of nitrogens with one attached hydrogen (secondary N) is 2. The maximum Gasteiger partial charge on any atom is 0.240 e. The minimum Gasteiger partial charge on any atom is -0.381 e. The van der Waals surface area contributed by atoms with E-state index >= 15 is 0 Å². The highest BCUT2D eigenvalue weighted by Crippen LogP contribution is 2.22. The van der Waals surface area contributed by atoms with Crippen molar-refractivity contribution in [3.05, 3.63) is 0 Å². The fourth-order valence-electron chi connectivity index (χ4n) is 2.95. The molecule has 2 aliphatic heterocycles. The first kappa shape index (κ1) is 13.8. The number of hydrogen-bond acceptors (Lipinski definition) is 3. The van der Waals surface area contributed by atoms with Gasteiger partial charge >= 0.3 is 0 Å². The van der Waals surface area contributed by atoms with Crippen LogP contribution in [0.25, 0.3) is 0 Å². The Balaban J connectivity index is 1.85. The van der Waals surface area contributed by atoms with Crippen LogP contribution in [-0.4, -0.2) is 37.2 Å². The lowest BCUT2D eigenvalue weighted by molar-refractivity contribution is -0.129. The molecule has 2 fully saturated rings. The van der Waals surface area contributed by atoms with Crippen molar-refractivity contribution >= 4 is 5.91 Å². The molecule has 4 nitrogen and oxygen atoms in total. The molecular weight excluding hydrogens is 228 g/mol. The minimum atomic E-state index is -0.363. The van der Waals surface area contributed by atoms with Crippen LogP contribution in [-0.2, 0) is 9.53 Å². The van der Waals surface area contributed by atoms with E-state index in [1.54, 1.807) is 0 Å². The number of carbonyl (C=O) groups excluding carboxylic acids is 1. The molecule has 0 radical (unpaired) electrons. The van der Waals surface area contributed by atoms with Gasteiger partial charge in [-0.3, -0.25) is 4.79 Å². The molecule has 0 aromatic heterocycles. The molecule has 2 atom stereocenters. The largest absolute Gasteiger partial charge is 0.381 e. The molecule has 0 saturated carbocycles. The summed E-state index contributed by atoms with van der Waals surface area (Å²) in [7, 11) is 0. The van der Waals surface area contributed by atoms with Gasteiger partial charge in [0.05, 0.1) is 5.54 Å². The summed E-state index contributed by atoms with van der Waals surface area (Å²) in [6.07, 6.45) is 5.39. The first-order chi connectivity index (χ1) is 8.62. The molecule has 2 N–H and O–H groups in total. The highest BCUT2D eigenvalue weighted by Gasteiger charge is 2.35. The van der Waals surface area contributed by atoms with Gasteiger partial charge in [0.25, 0.3) is 0 Å². The van der Waals surface area contributed by atoms with Crippen LogP contribution in [0.5, 0.6) is 0 Å². The maximum atomic E-state index is 12.4. The van der Waals surface area contributed by atoms with Crippen LogP contribution < -0.4 is 10.6 Å². The molecule has 2 heterocycles. The molecule has 4 heteroatoms. The van der Waals surface area contributed by atoms with Crippen molar-refractivity contribution in [1.29, 1.82) is 0 Å². The van der Waals surface area contributed by atoms with E-state index in [1.165, 1.54) is 6.42 Å². The van der Waals surface area contributed by atoms with Crippen LogP contribution in [0.4, 0.5) is 0 Å². The van der Waals surface area contributed by atoms with Crippen molar-refractivity contribution in [3.8, 4) is 0 Å². The molecule has 0 aromatic rings. The van der Waals surface area contributed by atoms with Crippen molar-refractivity contribution in [2.24, 2.45) is 5.92 Å². The zero-order valence-corrected chi connectivity index (χ0v) is 11.6. The van der Waals surface area contributed by atoms with Gasteiger partial charge in [-0.15, -0.1) is 0 Å². The Labute approximate surface area is 110 Å². The molecule has 18 heavy (non-hydrogen) atoms. The third-order valence-electron chi connectivity index (χ3n) is 4.45. The van der Waals surface area contributed by atoms with Crippen LogP contribution in [0.15, 0.2) is 0 Å². The molecule has 2 rings (SSSR count). The number of carbonyl (C=O) groups is 1. The summed E-state index contributed by atoms with van der Waals surface area (Å²) in [5.74, 6) is 0.732. The fraction of sp³-hybridized carbons (Fsp3) is 0.929. The van der Waals surface area contributed by atoms with Crippen LogP contribution in [0.3, 0.4) is 0 Å². The van der Waals surface area contributed by atoms with Gasteiger partial charge in [0.2, 0.25) is 5.91 Å². The number of amides is 1. The van der Waals surface area contributed by atoms with E-state index in [2.05, 4.69) is 17.6 Å². The van der Waals surface area contributed by atoms with E-state index in [9.17, 15) is 4.79 Å². The van der Waals surface area contributed by atoms with Gasteiger partial charge < -0.3 is 15.4 Å². The van der Waals surface area contributed by atoms with Gasteiger partial charge in [-0.05, 0) is 58.4 Å². The smallest absolute Gasteiger partial charge is 0.240 e. The Hall–Kier alpha value is -0.610. The summed E-state index contributed by atoms with van der Waals surface area (Å²) in [5, 5.41) is 6.57. The predicted molar refractivity (Wildman–Crippen MR) is 71.4 cm³/mol. The molecule has 0 bridgehead atoms. The Morgan fingerprint density at radius 2 is 2.11 bits per heavy atom. The van der Waals surface area contributed by atoms with E-state index in [0.29, 0.717) is 5.92 Å². The van der Waals surface area contributed by atoms with E-state index in [-0.39, 0.29) is 17.5 Å². The van der Waals surface area contributed by atoms with Gasteiger partial charge in [0.15, 0.2) is 0 Å². The number of rotatable bonds is 3. The highest BCUT2D eigenvalue weighted by atomic mass is 16.5. The second kappa shape index (κ2) is 6.02. The second-order valence-corrected chi connectivity index (χ2v) is 5.93. The van der Waals surface area contributed by atoms with E-state index < -0.39 is 0 Å². The second-order valence-electron chi connectivity index (χ2n) is 5.93. The fourth-order valence-corrected chi connectivity index (χ4v) is 2.95. The normalized spacial score (nSPS) is 31.9. The van der Waals surface area contributed by atoms with Crippen molar-refractivity contribution in [2.45, 2.75) is 57.5 Å². The monoisotopic (exact) mass is 254 g/mol. The van der Waals surface area contributed by atoms with Crippen molar-refractivity contribution in [2.75, 3.05) is 19.8 Å². The first-order valence-electron chi connectivity index (χ1n) is 7.25. The summed E-state index contributed by atoms with van der Waals surface area (Å²) in [6.45, 7) is 6.77. The summed E-state index contributed by atoms with van der Waals surface area (Å²) in [4.78, 5) is 12.4.